The molecule has 23 heavy (non-hydrogen) atoms. The summed E-state index contributed by atoms with van der Waals surface area (Å²) in [7, 11) is 0. The zero-order valence-electron chi connectivity index (χ0n) is 13.3. The van der Waals surface area contributed by atoms with E-state index in [4.69, 9.17) is 9.47 Å². The lowest BCUT2D eigenvalue weighted by atomic mass is 10.1. The third kappa shape index (κ3) is 4.10. The van der Waals surface area contributed by atoms with Crippen LogP contribution in [0.2, 0.25) is 0 Å². The first-order chi connectivity index (χ1) is 10.9. The Morgan fingerprint density at radius 2 is 1.96 bits per heavy atom. The average Bonchev–Trinajstić information content (AvgIpc) is 2.50. The normalized spacial score (nSPS) is 10.5. The van der Waals surface area contributed by atoms with Crippen LogP contribution in [0.4, 0.5) is 4.39 Å². The molecule has 2 aromatic rings. The van der Waals surface area contributed by atoms with Crippen molar-refractivity contribution in [1.82, 2.24) is 0 Å². The molecule has 0 aromatic heterocycles. The molecule has 122 valence electrons. The molecule has 0 saturated heterocycles. The minimum absolute atomic E-state index is 0.138. The summed E-state index contributed by atoms with van der Waals surface area (Å²) in [6.45, 7) is 5.75. The van der Waals surface area contributed by atoms with Crippen LogP contribution < -0.4 is 4.74 Å². The summed E-state index contributed by atoms with van der Waals surface area (Å²) in [5.74, 6) is -0.263. The van der Waals surface area contributed by atoms with Gasteiger partial charge in [0.15, 0.2) is 0 Å². The van der Waals surface area contributed by atoms with Crippen molar-refractivity contribution in [2.24, 2.45) is 0 Å². The van der Waals surface area contributed by atoms with Crippen LogP contribution in [0.15, 0.2) is 34.8 Å². The van der Waals surface area contributed by atoms with Gasteiger partial charge in [-0.3, -0.25) is 0 Å². The number of hydrogen-bond acceptors (Lipinski definition) is 3. The smallest absolute Gasteiger partial charge is 0.338 e. The van der Waals surface area contributed by atoms with Gasteiger partial charge in [0.1, 0.15) is 18.2 Å². The molecule has 0 atom stereocenters. The van der Waals surface area contributed by atoms with Gasteiger partial charge in [-0.25, -0.2) is 9.18 Å². The first-order valence-corrected chi connectivity index (χ1v) is 8.07. The molecule has 0 radical (unpaired) electrons. The van der Waals surface area contributed by atoms with Gasteiger partial charge in [0.05, 0.1) is 12.2 Å². The highest BCUT2D eigenvalue weighted by Gasteiger charge is 2.16. The molecular formula is C18H18BrFO3. The molecular weight excluding hydrogens is 363 g/mol. The van der Waals surface area contributed by atoms with E-state index in [1.165, 1.54) is 6.07 Å². The number of carbonyl (C=O) groups excluding carboxylic acids is 1. The van der Waals surface area contributed by atoms with Crippen molar-refractivity contribution in [2.75, 3.05) is 6.61 Å². The lowest BCUT2D eigenvalue weighted by molar-refractivity contribution is 0.0523. The van der Waals surface area contributed by atoms with Gasteiger partial charge < -0.3 is 9.47 Å². The van der Waals surface area contributed by atoms with Crippen LogP contribution in [-0.2, 0) is 11.3 Å². The van der Waals surface area contributed by atoms with E-state index in [-0.39, 0.29) is 12.4 Å². The van der Waals surface area contributed by atoms with Crippen molar-refractivity contribution in [2.45, 2.75) is 27.4 Å². The lowest BCUT2D eigenvalue weighted by Gasteiger charge is -2.14. The van der Waals surface area contributed by atoms with Crippen molar-refractivity contribution < 1.29 is 18.7 Å². The highest BCUT2D eigenvalue weighted by atomic mass is 79.9. The number of rotatable bonds is 5. The second-order valence-electron chi connectivity index (χ2n) is 5.14. The van der Waals surface area contributed by atoms with Crippen LogP contribution in [-0.4, -0.2) is 12.6 Å². The van der Waals surface area contributed by atoms with Crippen LogP contribution in [0.1, 0.15) is 34.0 Å². The predicted octanol–water partition coefficient (Wildman–Crippen LogP) is 4.96. The lowest BCUT2D eigenvalue weighted by Crippen LogP contribution is -2.11. The maximum atomic E-state index is 13.7. The standard InChI is InChI=1S/C18H18BrFO3/c1-4-22-18(21)13-6-5-7-15(19)14(13)10-23-17-9-16(20)11(2)8-12(17)3/h5-9H,4,10H2,1-3H3. The van der Waals surface area contributed by atoms with Gasteiger partial charge in [0, 0.05) is 16.1 Å². The van der Waals surface area contributed by atoms with Gasteiger partial charge >= 0.3 is 5.97 Å². The summed E-state index contributed by atoms with van der Waals surface area (Å²) in [5, 5.41) is 0. The van der Waals surface area contributed by atoms with Gasteiger partial charge in [0.2, 0.25) is 0 Å². The molecule has 0 spiro atoms. The van der Waals surface area contributed by atoms with Gasteiger partial charge in [0.25, 0.3) is 0 Å². The minimum atomic E-state index is -0.404. The van der Waals surface area contributed by atoms with Crippen molar-refractivity contribution >= 4 is 21.9 Å². The monoisotopic (exact) mass is 380 g/mol. The fourth-order valence-corrected chi connectivity index (χ4v) is 2.70. The Labute approximate surface area is 143 Å². The van der Waals surface area contributed by atoms with Crippen LogP contribution in [0.5, 0.6) is 5.75 Å². The van der Waals surface area contributed by atoms with Crippen molar-refractivity contribution in [3.8, 4) is 5.75 Å². The van der Waals surface area contributed by atoms with E-state index in [1.54, 1.807) is 32.0 Å². The second-order valence-corrected chi connectivity index (χ2v) is 6.00. The molecule has 0 aliphatic rings. The molecule has 2 aromatic carbocycles. The van der Waals surface area contributed by atoms with Gasteiger partial charge in [-0.1, -0.05) is 22.0 Å². The van der Waals surface area contributed by atoms with E-state index in [1.807, 2.05) is 13.0 Å². The maximum Gasteiger partial charge on any atom is 0.338 e. The Morgan fingerprint density at radius 1 is 1.22 bits per heavy atom. The van der Waals surface area contributed by atoms with Crippen LogP contribution in [0.25, 0.3) is 0 Å². The Bertz CT molecular complexity index is 728. The number of carbonyl (C=O) groups is 1. The van der Waals surface area contributed by atoms with E-state index < -0.39 is 5.97 Å². The molecule has 0 aliphatic heterocycles. The maximum absolute atomic E-state index is 13.7. The molecule has 2 rings (SSSR count). The molecule has 0 N–H and O–H groups in total. The van der Waals surface area contributed by atoms with E-state index in [0.717, 1.165) is 10.0 Å². The first kappa shape index (κ1) is 17.5. The zero-order valence-corrected chi connectivity index (χ0v) is 14.9. The van der Waals surface area contributed by atoms with Crippen LogP contribution in [0, 0.1) is 19.7 Å². The highest BCUT2D eigenvalue weighted by Crippen LogP contribution is 2.26. The summed E-state index contributed by atoms with van der Waals surface area (Å²) in [4.78, 5) is 12.0. The molecule has 0 heterocycles. The van der Waals surface area contributed by atoms with Crippen molar-refractivity contribution in [3.63, 3.8) is 0 Å². The number of ether oxygens (including phenoxy) is 2. The molecule has 0 unspecified atom stereocenters. The average molecular weight is 381 g/mol. The summed E-state index contributed by atoms with van der Waals surface area (Å²) < 4.78 is 25.2. The van der Waals surface area contributed by atoms with E-state index >= 15 is 0 Å². The van der Waals surface area contributed by atoms with E-state index in [9.17, 15) is 9.18 Å². The quantitative estimate of drug-likeness (QED) is 0.687. The number of aryl methyl sites for hydroxylation is 2. The number of esters is 1. The van der Waals surface area contributed by atoms with Crippen molar-refractivity contribution in [3.05, 3.63) is 62.9 Å². The zero-order chi connectivity index (χ0) is 17.0. The topological polar surface area (TPSA) is 35.5 Å². The van der Waals surface area contributed by atoms with Gasteiger partial charge in [-0.2, -0.15) is 0 Å². The predicted molar refractivity (Wildman–Crippen MR) is 90.3 cm³/mol. The fourth-order valence-electron chi connectivity index (χ4n) is 2.22. The molecule has 0 aliphatic carbocycles. The highest BCUT2D eigenvalue weighted by molar-refractivity contribution is 9.10. The molecule has 5 heteroatoms. The summed E-state index contributed by atoms with van der Waals surface area (Å²) >= 11 is 3.42. The molecule has 0 fully saturated rings. The van der Waals surface area contributed by atoms with Crippen molar-refractivity contribution in [1.29, 1.82) is 0 Å². The fraction of sp³-hybridized carbons (Fsp3) is 0.278. The summed E-state index contributed by atoms with van der Waals surface area (Å²) in [6.07, 6.45) is 0. The molecule has 3 nitrogen and oxygen atoms in total. The Hall–Kier alpha value is -1.88. The molecule has 0 amide bonds. The molecule has 0 bridgehead atoms. The van der Waals surface area contributed by atoms with Gasteiger partial charge in [-0.05, 0) is 50.1 Å². The minimum Gasteiger partial charge on any atom is -0.488 e. The third-order valence-electron chi connectivity index (χ3n) is 3.44. The summed E-state index contributed by atoms with van der Waals surface area (Å²) in [5.41, 5.74) is 2.52. The molecule has 0 saturated carbocycles. The number of halogens is 2. The second kappa shape index (κ2) is 7.59. The first-order valence-electron chi connectivity index (χ1n) is 7.28. The number of benzene rings is 2. The Balaban J connectivity index is 2.27. The van der Waals surface area contributed by atoms with E-state index in [2.05, 4.69) is 15.9 Å². The SMILES string of the molecule is CCOC(=O)c1cccc(Br)c1COc1cc(F)c(C)cc1C. The van der Waals surface area contributed by atoms with E-state index in [0.29, 0.717) is 29.0 Å². The van der Waals surface area contributed by atoms with Gasteiger partial charge in [-0.15, -0.1) is 0 Å². The largest absolute Gasteiger partial charge is 0.488 e. The number of hydrogen-bond donors (Lipinski definition) is 0. The third-order valence-corrected chi connectivity index (χ3v) is 4.19. The Morgan fingerprint density at radius 3 is 2.65 bits per heavy atom. The Kier molecular flexibility index (Phi) is 5.77. The summed E-state index contributed by atoms with van der Waals surface area (Å²) in [6, 6.07) is 8.37. The van der Waals surface area contributed by atoms with Crippen LogP contribution >= 0.6 is 15.9 Å². The van der Waals surface area contributed by atoms with Crippen LogP contribution in [0.3, 0.4) is 0 Å².